The van der Waals surface area contributed by atoms with Gasteiger partial charge in [-0.3, -0.25) is 14.4 Å². The number of amides is 3. The molecule has 250 valence electrons. The average molecular weight is 664 g/mol. The van der Waals surface area contributed by atoms with Crippen molar-refractivity contribution in [2.45, 2.75) is 61.7 Å². The van der Waals surface area contributed by atoms with Crippen LogP contribution in [-0.4, -0.2) is 74.4 Å². The molecular formula is C40H45N3O4S. The van der Waals surface area contributed by atoms with Crippen LogP contribution in [0.2, 0.25) is 0 Å². The summed E-state index contributed by atoms with van der Waals surface area (Å²) >= 11 is 1.65. The molecular weight excluding hydrogens is 619 g/mol. The third-order valence-corrected chi connectivity index (χ3v) is 12.2. The fourth-order valence-corrected chi connectivity index (χ4v) is 10.4. The molecule has 3 saturated heterocycles. The van der Waals surface area contributed by atoms with Crippen LogP contribution in [0.1, 0.15) is 35.1 Å². The quantitative estimate of drug-likeness (QED) is 0.236. The number of aliphatic hydroxyl groups is 1. The molecule has 6 atom stereocenters. The molecule has 8 heteroatoms. The molecule has 48 heavy (non-hydrogen) atoms. The molecule has 1 spiro atoms. The summed E-state index contributed by atoms with van der Waals surface area (Å²) < 4.78 is -0.799. The van der Waals surface area contributed by atoms with Gasteiger partial charge in [-0.2, -0.15) is 0 Å². The fraction of sp³-hybridized carbons (Fsp3) is 0.375. The molecule has 0 saturated carbocycles. The van der Waals surface area contributed by atoms with E-state index < -0.39 is 28.7 Å². The van der Waals surface area contributed by atoms with Gasteiger partial charge < -0.3 is 19.8 Å². The van der Waals surface area contributed by atoms with E-state index in [9.17, 15) is 14.7 Å². The first kappa shape index (κ1) is 33.7. The lowest BCUT2D eigenvalue weighted by atomic mass is 9.70. The van der Waals surface area contributed by atoms with Crippen LogP contribution in [0, 0.1) is 25.7 Å². The molecule has 3 aliphatic heterocycles. The number of aliphatic hydroxyl groups excluding tert-OH is 1. The van der Waals surface area contributed by atoms with Crippen LogP contribution in [0.15, 0.2) is 104 Å². The number of rotatable bonds is 13. The van der Waals surface area contributed by atoms with Crippen LogP contribution >= 0.6 is 11.8 Å². The van der Waals surface area contributed by atoms with Gasteiger partial charge in [0.05, 0.1) is 29.2 Å². The van der Waals surface area contributed by atoms with E-state index in [2.05, 4.69) is 13.2 Å². The third kappa shape index (κ3) is 6.01. The normalized spacial score (nSPS) is 24.6. The number of likely N-dealkylation sites (tertiary alicyclic amines) is 1. The molecule has 3 fully saturated rings. The number of hydrogen-bond donors (Lipinski definition) is 1. The van der Waals surface area contributed by atoms with E-state index in [1.165, 1.54) is 0 Å². The van der Waals surface area contributed by atoms with Gasteiger partial charge in [0.1, 0.15) is 6.04 Å². The minimum atomic E-state index is -0.856. The number of fused-ring (bicyclic) bond motifs is 1. The van der Waals surface area contributed by atoms with Crippen molar-refractivity contribution in [1.29, 1.82) is 0 Å². The second kappa shape index (κ2) is 14.1. The Kier molecular flexibility index (Phi) is 9.95. The smallest absolute Gasteiger partial charge is 0.251 e. The highest BCUT2D eigenvalue weighted by atomic mass is 32.2. The van der Waals surface area contributed by atoms with Crippen molar-refractivity contribution < 1.29 is 19.5 Å². The van der Waals surface area contributed by atoms with Crippen molar-refractivity contribution in [1.82, 2.24) is 9.80 Å². The zero-order chi connectivity index (χ0) is 34.0. The lowest BCUT2D eigenvalue weighted by Gasteiger charge is -2.40. The topological polar surface area (TPSA) is 81.2 Å². The Morgan fingerprint density at radius 2 is 1.65 bits per heavy atom. The molecule has 3 aliphatic rings. The van der Waals surface area contributed by atoms with Gasteiger partial charge in [-0.15, -0.1) is 24.9 Å². The minimum Gasteiger partial charge on any atom is -0.394 e. The molecule has 0 radical (unpaired) electrons. The number of nitrogens with zero attached hydrogens (tertiary/aromatic N) is 3. The van der Waals surface area contributed by atoms with Crippen molar-refractivity contribution in [3.05, 3.63) is 126 Å². The molecule has 2 unspecified atom stereocenters. The van der Waals surface area contributed by atoms with Gasteiger partial charge in [-0.25, -0.2) is 0 Å². The predicted molar refractivity (Wildman–Crippen MR) is 192 cm³/mol. The highest BCUT2D eigenvalue weighted by Crippen LogP contribution is 2.67. The van der Waals surface area contributed by atoms with E-state index in [0.717, 1.165) is 34.4 Å². The highest BCUT2D eigenvalue weighted by molar-refractivity contribution is 8.02. The van der Waals surface area contributed by atoms with Gasteiger partial charge in [-0.05, 0) is 61.4 Å². The maximum Gasteiger partial charge on any atom is 0.251 e. The second-order valence-corrected chi connectivity index (χ2v) is 14.9. The molecule has 7 nitrogen and oxygen atoms in total. The molecule has 6 rings (SSSR count). The zero-order valence-corrected chi connectivity index (χ0v) is 28.6. The Morgan fingerprint density at radius 3 is 2.29 bits per heavy atom. The predicted octanol–water partition coefficient (Wildman–Crippen LogP) is 5.73. The Labute approximate surface area is 288 Å². The Bertz CT molecular complexity index is 1680. The van der Waals surface area contributed by atoms with Crippen molar-refractivity contribution >= 4 is 35.2 Å². The molecule has 0 aromatic heterocycles. The number of thioether (sulfide) groups is 1. The molecule has 3 aromatic carbocycles. The summed E-state index contributed by atoms with van der Waals surface area (Å²) in [5, 5.41) is 10.8. The maximum atomic E-state index is 15.2. The van der Waals surface area contributed by atoms with E-state index in [1.54, 1.807) is 38.6 Å². The van der Waals surface area contributed by atoms with Crippen molar-refractivity contribution in [3.63, 3.8) is 0 Å². The van der Waals surface area contributed by atoms with Crippen molar-refractivity contribution in [2.24, 2.45) is 11.8 Å². The van der Waals surface area contributed by atoms with E-state index in [4.69, 9.17) is 0 Å². The third-order valence-electron chi connectivity index (χ3n) is 10.3. The number of aryl methyl sites for hydroxylation is 2. The van der Waals surface area contributed by atoms with Crippen LogP contribution in [-0.2, 0) is 27.3 Å². The summed E-state index contributed by atoms with van der Waals surface area (Å²) in [6.07, 6.45) is 5.22. The first-order valence-corrected chi connectivity index (χ1v) is 17.7. The van der Waals surface area contributed by atoms with Crippen molar-refractivity contribution in [3.8, 4) is 0 Å². The van der Waals surface area contributed by atoms with Crippen LogP contribution < -0.4 is 4.90 Å². The van der Waals surface area contributed by atoms with Gasteiger partial charge in [0.2, 0.25) is 11.8 Å². The van der Waals surface area contributed by atoms with Crippen LogP contribution in [0.4, 0.5) is 5.69 Å². The highest BCUT2D eigenvalue weighted by Gasteiger charge is 2.74. The standard InChI is InChI=1S/C40H45N3O4S/c1-5-21-41(25-30-15-11-8-12-16-30)37(45)34-33-19-20-40(48-33)35(34)38(46)43(31(26-44)24-29-13-9-7-10-14-29)36(40)39(47)42(22-6-2)32-23-27(3)17-18-28(32)4/h5-18,23,31,33-36,44H,1-2,19-22,24-26H2,3-4H3/t31-,33-,34+,35+,36?,40?/m1/s1. The lowest BCUT2D eigenvalue weighted by molar-refractivity contribution is -0.145. The Balaban J connectivity index is 1.44. The molecule has 3 heterocycles. The average Bonchev–Trinajstić information content (AvgIpc) is 3.75. The molecule has 2 bridgehead atoms. The summed E-state index contributed by atoms with van der Waals surface area (Å²) in [6, 6.07) is 24.1. The summed E-state index contributed by atoms with van der Waals surface area (Å²) in [7, 11) is 0. The molecule has 3 aromatic rings. The lowest BCUT2D eigenvalue weighted by Crippen LogP contribution is -2.58. The number of carbonyl (C=O) groups is 3. The summed E-state index contributed by atoms with van der Waals surface area (Å²) in [4.78, 5) is 50.0. The number of hydrogen-bond acceptors (Lipinski definition) is 5. The fourth-order valence-electron chi connectivity index (χ4n) is 8.18. The zero-order valence-electron chi connectivity index (χ0n) is 27.8. The van der Waals surface area contributed by atoms with Crippen LogP contribution in [0.5, 0.6) is 0 Å². The SMILES string of the molecule is C=CCN(Cc1ccccc1)C(=O)[C@@H]1[C@H]2C(=O)N([C@@H](CO)Cc3ccccc3)C(C(=O)N(CC=C)c3cc(C)ccc3C)C23CC[C@H]1S3. The van der Waals surface area contributed by atoms with Gasteiger partial charge in [-0.1, -0.05) is 84.9 Å². The van der Waals surface area contributed by atoms with E-state index in [-0.39, 0.29) is 36.1 Å². The summed E-state index contributed by atoms with van der Waals surface area (Å²) in [5.41, 5.74) is 4.71. The van der Waals surface area contributed by atoms with Gasteiger partial charge >= 0.3 is 0 Å². The minimum absolute atomic E-state index is 0.0784. The molecule has 1 N–H and O–H groups in total. The van der Waals surface area contributed by atoms with Crippen LogP contribution in [0.25, 0.3) is 0 Å². The summed E-state index contributed by atoms with van der Waals surface area (Å²) in [5.74, 6) is -1.75. The second-order valence-electron chi connectivity index (χ2n) is 13.3. The first-order valence-electron chi connectivity index (χ1n) is 16.8. The van der Waals surface area contributed by atoms with Crippen molar-refractivity contribution in [2.75, 3.05) is 24.6 Å². The molecule has 0 aliphatic carbocycles. The number of benzene rings is 3. The van der Waals surface area contributed by atoms with Gasteiger partial charge in [0.15, 0.2) is 0 Å². The maximum absolute atomic E-state index is 15.2. The van der Waals surface area contributed by atoms with E-state index >= 15 is 4.79 Å². The molecule has 3 amide bonds. The van der Waals surface area contributed by atoms with Gasteiger partial charge in [0, 0.05) is 30.6 Å². The van der Waals surface area contributed by atoms with Crippen LogP contribution in [0.3, 0.4) is 0 Å². The summed E-state index contributed by atoms with van der Waals surface area (Å²) in [6.45, 7) is 12.6. The monoisotopic (exact) mass is 663 g/mol. The Morgan fingerprint density at radius 1 is 0.979 bits per heavy atom. The number of carbonyl (C=O) groups excluding carboxylic acids is 3. The van der Waals surface area contributed by atoms with E-state index in [0.29, 0.717) is 25.9 Å². The van der Waals surface area contributed by atoms with Gasteiger partial charge in [0.25, 0.3) is 5.91 Å². The Hall–Kier alpha value is -4.14. The number of anilines is 1. The largest absolute Gasteiger partial charge is 0.394 e. The first-order chi connectivity index (χ1) is 23.2. The van der Waals surface area contributed by atoms with E-state index in [1.807, 2.05) is 92.7 Å².